The molecule has 2 aromatic rings. The van der Waals surface area contributed by atoms with E-state index in [4.69, 9.17) is 5.73 Å². The van der Waals surface area contributed by atoms with Gasteiger partial charge in [0.25, 0.3) is 0 Å². The van der Waals surface area contributed by atoms with E-state index in [1.807, 2.05) is 0 Å². The van der Waals surface area contributed by atoms with Crippen molar-refractivity contribution in [3.8, 4) is 5.69 Å². The minimum atomic E-state index is -0.436. The van der Waals surface area contributed by atoms with Gasteiger partial charge in [0, 0.05) is 6.20 Å². The SMILES string of the molecule is Nc1c(F)cccc1-n1cc(Br)cn1. The second-order valence-corrected chi connectivity index (χ2v) is 3.69. The number of halogens is 2. The number of hydrogen-bond acceptors (Lipinski definition) is 2. The Kier molecular flexibility index (Phi) is 2.25. The van der Waals surface area contributed by atoms with E-state index in [-0.39, 0.29) is 5.69 Å². The fourth-order valence-electron chi connectivity index (χ4n) is 1.16. The van der Waals surface area contributed by atoms with Gasteiger partial charge in [0.15, 0.2) is 0 Å². The highest BCUT2D eigenvalue weighted by atomic mass is 79.9. The van der Waals surface area contributed by atoms with Crippen LogP contribution in [0.25, 0.3) is 5.69 Å². The first-order chi connectivity index (χ1) is 6.68. The molecule has 0 spiro atoms. The molecule has 0 amide bonds. The molecule has 0 atom stereocenters. The summed E-state index contributed by atoms with van der Waals surface area (Å²) in [7, 11) is 0. The minimum absolute atomic E-state index is 0.100. The number of benzene rings is 1. The minimum Gasteiger partial charge on any atom is -0.395 e. The highest BCUT2D eigenvalue weighted by Gasteiger charge is 2.06. The zero-order chi connectivity index (χ0) is 10.1. The van der Waals surface area contributed by atoms with Crippen LogP contribution >= 0.6 is 15.9 Å². The first kappa shape index (κ1) is 9.21. The van der Waals surface area contributed by atoms with Gasteiger partial charge in [-0.3, -0.25) is 0 Å². The third-order valence-electron chi connectivity index (χ3n) is 1.83. The number of hydrogen-bond donors (Lipinski definition) is 1. The van der Waals surface area contributed by atoms with Crippen LogP contribution in [0.2, 0.25) is 0 Å². The van der Waals surface area contributed by atoms with Crippen LogP contribution < -0.4 is 5.73 Å². The fraction of sp³-hybridized carbons (Fsp3) is 0. The molecule has 5 heteroatoms. The van der Waals surface area contributed by atoms with Crippen molar-refractivity contribution in [1.29, 1.82) is 0 Å². The van der Waals surface area contributed by atoms with Crippen molar-refractivity contribution < 1.29 is 4.39 Å². The third-order valence-corrected chi connectivity index (χ3v) is 2.24. The topological polar surface area (TPSA) is 43.8 Å². The van der Waals surface area contributed by atoms with Gasteiger partial charge < -0.3 is 5.73 Å². The lowest BCUT2D eigenvalue weighted by Crippen LogP contribution is -2.01. The fourth-order valence-corrected chi connectivity index (χ4v) is 1.44. The molecule has 0 radical (unpaired) electrons. The van der Waals surface area contributed by atoms with E-state index in [1.54, 1.807) is 24.5 Å². The Balaban J connectivity index is 2.57. The van der Waals surface area contributed by atoms with E-state index in [0.717, 1.165) is 4.47 Å². The number of para-hydroxylation sites is 1. The molecule has 72 valence electrons. The standard InChI is InChI=1S/C9H7BrFN3/c10-6-4-13-14(5-6)8-3-1-2-7(11)9(8)12/h1-5H,12H2. The first-order valence-electron chi connectivity index (χ1n) is 3.93. The van der Waals surface area contributed by atoms with E-state index >= 15 is 0 Å². The summed E-state index contributed by atoms with van der Waals surface area (Å²) in [4.78, 5) is 0. The molecule has 0 bridgehead atoms. The second-order valence-electron chi connectivity index (χ2n) is 2.78. The molecule has 0 fully saturated rings. The summed E-state index contributed by atoms with van der Waals surface area (Å²) in [6, 6.07) is 4.62. The molecule has 3 nitrogen and oxygen atoms in total. The average molecular weight is 256 g/mol. The molecule has 0 aliphatic rings. The van der Waals surface area contributed by atoms with Crippen LogP contribution in [0.1, 0.15) is 0 Å². The van der Waals surface area contributed by atoms with Crippen LogP contribution in [-0.2, 0) is 0 Å². The van der Waals surface area contributed by atoms with E-state index in [2.05, 4.69) is 21.0 Å². The number of anilines is 1. The summed E-state index contributed by atoms with van der Waals surface area (Å²) in [6.45, 7) is 0. The molecule has 1 aromatic heterocycles. The van der Waals surface area contributed by atoms with Crippen LogP contribution in [-0.4, -0.2) is 9.78 Å². The molecule has 14 heavy (non-hydrogen) atoms. The molecule has 1 aromatic carbocycles. The summed E-state index contributed by atoms with van der Waals surface area (Å²) < 4.78 is 15.4. The van der Waals surface area contributed by atoms with Gasteiger partial charge in [-0.15, -0.1) is 0 Å². The Morgan fingerprint density at radius 2 is 2.21 bits per heavy atom. The van der Waals surface area contributed by atoms with Crippen LogP contribution in [0.15, 0.2) is 35.1 Å². The summed E-state index contributed by atoms with van der Waals surface area (Å²) in [5.41, 5.74) is 6.21. The van der Waals surface area contributed by atoms with Gasteiger partial charge in [0.05, 0.1) is 22.0 Å². The zero-order valence-electron chi connectivity index (χ0n) is 7.11. The molecule has 0 aliphatic carbocycles. The molecule has 0 saturated heterocycles. The molecule has 1 heterocycles. The maximum Gasteiger partial charge on any atom is 0.148 e. The second kappa shape index (κ2) is 3.42. The van der Waals surface area contributed by atoms with Gasteiger partial charge in [-0.2, -0.15) is 5.10 Å². The quantitative estimate of drug-likeness (QED) is 0.796. The van der Waals surface area contributed by atoms with Crippen molar-refractivity contribution in [1.82, 2.24) is 9.78 Å². The lowest BCUT2D eigenvalue weighted by molar-refractivity contribution is 0.630. The van der Waals surface area contributed by atoms with Crippen LogP contribution in [0.3, 0.4) is 0 Å². The normalized spacial score (nSPS) is 10.4. The number of rotatable bonds is 1. The molecule has 0 aliphatic heterocycles. The Bertz CT molecular complexity index is 467. The maximum absolute atomic E-state index is 13.1. The van der Waals surface area contributed by atoms with E-state index in [9.17, 15) is 4.39 Å². The number of nitrogens with two attached hydrogens (primary N) is 1. The maximum atomic E-state index is 13.1. The molecule has 0 saturated carbocycles. The lowest BCUT2D eigenvalue weighted by atomic mass is 10.2. The summed E-state index contributed by atoms with van der Waals surface area (Å²) in [5.74, 6) is -0.436. The third kappa shape index (κ3) is 1.50. The van der Waals surface area contributed by atoms with Gasteiger partial charge >= 0.3 is 0 Å². The number of nitrogen functional groups attached to an aromatic ring is 1. The van der Waals surface area contributed by atoms with Crippen molar-refractivity contribution in [2.75, 3.05) is 5.73 Å². The number of nitrogens with zero attached hydrogens (tertiary/aromatic N) is 2. The van der Waals surface area contributed by atoms with Crippen LogP contribution in [0, 0.1) is 5.82 Å². The molecular formula is C9H7BrFN3. The van der Waals surface area contributed by atoms with Gasteiger partial charge in [-0.25, -0.2) is 9.07 Å². The zero-order valence-corrected chi connectivity index (χ0v) is 8.70. The van der Waals surface area contributed by atoms with Crippen molar-refractivity contribution in [2.24, 2.45) is 0 Å². The smallest absolute Gasteiger partial charge is 0.148 e. The number of aromatic nitrogens is 2. The Hall–Kier alpha value is -1.36. The predicted molar refractivity (Wildman–Crippen MR) is 55.6 cm³/mol. The Morgan fingerprint density at radius 3 is 2.86 bits per heavy atom. The largest absolute Gasteiger partial charge is 0.395 e. The van der Waals surface area contributed by atoms with Gasteiger partial charge in [-0.1, -0.05) is 6.07 Å². The molecule has 0 unspecified atom stereocenters. The summed E-state index contributed by atoms with van der Waals surface area (Å²) in [6.07, 6.45) is 3.33. The molecular weight excluding hydrogens is 249 g/mol. The van der Waals surface area contributed by atoms with E-state index in [0.29, 0.717) is 5.69 Å². The average Bonchev–Trinajstić information content (AvgIpc) is 2.57. The lowest BCUT2D eigenvalue weighted by Gasteiger charge is -2.05. The van der Waals surface area contributed by atoms with E-state index in [1.165, 1.54) is 10.7 Å². The van der Waals surface area contributed by atoms with Gasteiger partial charge in [0.2, 0.25) is 0 Å². The van der Waals surface area contributed by atoms with Crippen LogP contribution in [0.5, 0.6) is 0 Å². The predicted octanol–water partition coefficient (Wildman–Crippen LogP) is 2.36. The monoisotopic (exact) mass is 255 g/mol. The summed E-state index contributed by atoms with van der Waals surface area (Å²) >= 11 is 3.25. The van der Waals surface area contributed by atoms with Crippen LogP contribution in [0.4, 0.5) is 10.1 Å². The summed E-state index contributed by atoms with van der Waals surface area (Å²) in [5, 5.41) is 4.01. The van der Waals surface area contributed by atoms with Crippen molar-refractivity contribution >= 4 is 21.6 Å². The van der Waals surface area contributed by atoms with Gasteiger partial charge in [-0.05, 0) is 28.1 Å². The highest BCUT2D eigenvalue weighted by Crippen LogP contribution is 2.20. The highest BCUT2D eigenvalue weighted by molar-refractivity contribution is 9.10. The van der Waals surface area contributed by atoms with Crippen molar-refractivity contribution in [3.63, 3.8) is 0 Å². The van der Waals surface area contributed by atoms with E-state index < -0.39 is 5.82 Å². The molecule has 2 rings (SSSR count). The van der Waals surface area contributed by atoms with Crippen molar-refractivity contribution in [3.05, 3.63) is 40.9 Å². The first-order valence-corrected chi connectivity index (χ1v) is 4.72. The molecule has 2 N–H and O–H groups in total. The van der Waals surface area contributed by atoms with Gasteiger partial charge in [0.1, 0.15) is 5.82 Å². The Labute approximate surface area is 88.5 Å². The Morgan fingerprint density at radius 1 is 1.43 bits per heavy atom. The van der Waals surface area contributed by atoms with Crippen molar-refractivity contribution in [2.45, 2.75) is 0 Å².